The quantitative estimate of drug-likeness (QED) is 0.799. The fraction of sp³-hybridized carbons (Fsp3) is 0.600. The molecule has 1 atom stereocenters. The first-order chi connectivity index (χ1) is 7.38. The zero-order valence-corrected chi connectivity index (χ0v) is 9.10. The van der Waals surface area contributed by atoms with Crippen molar-refractivity contribution in [3.8, 4) is 0 Å². The molecule has 6 heteroatoms. The van der Waals surface area contributed by atoms with Gasteiger partial charge in [0.1, 0.15) is 11.5 Å². The van der Waals surface area contributed by atoms with Crippen molar-refractivity contribution in [2.24, 2.45) is 0 Å². The minimum Gasteiger partial charge on any atom is -0.465 e. The second-order valence-corrected chi connectivity index (χ2v) is 3.42. The van der Waals surface area contributed by atoms with E-state index in [-0.39, 0.29) is 12.6 Å². The molecule has 0 radical (unpaired) electrons. The summed E-state index contributed by atoms with van der Waals surface area (Å²) < 4.78 is 43.9. The van der Waals surface area contributed by atoms with Gasteiger partial charge in [0.25, 0.3) is 0 Å². The van der Waals surface area contributed by atoms with Crippen LogP contribution in [0.25, 0.3) is 0 Å². The van der Waals surface area contributed by atoms with E-state index in [4.69, 9.17) is 4.42 Å². The number of aryl methyl sites for hydroxylation is 1. The number of nitrogens with one attached hydrogen (secondary N) is 1. The highest BCUT2D eigenvalue weighted by Gasteiger charge is 2.28. The molecule has 0 spiro atoms. The molecule has 3 nitrogen and oxygen atoms in total. The third-order valence-electron chi connectivity index (χ3n) is 2.01. The Morgan fingerprint density at radius 3 is 2.62 bits per heavy atom. The Hall–Kier alpha value is -1.01. The van der Waals surface area contributed by atoms with Gasteiger partial charge in [0.2, 0.25) is 0 Å². The Bertz CT molecular complexity index is 322. The molecular formula is C10H14F3NO2. The second kappa shape index (κ2) is 5.36. The first-order valence-electron chi connectivity index (χ1n) is 4.89. The van der Waals surface area contributed by atoms with Crippen LogP contribution in [-0.2, 0) is 4.74 Å². The smallest absolute Gasteiger partial charge is 0.465 e. The molecule has 0 saturated heterocycles. The Balaban J connectivity index is 2.23. The molecule has 1 aromatic rings. The average Bonchev–Trinajstić information content (AvgIpc) is 2.57. The summed E-state index contributed by atoms with van der Waals surface area (Å²) in [6.45, 7) is 3.32. The van der Waals surface area contributed by atoms with E-state index in [2.05, 4.69) is 10.1 Å². The van der Waals surface area contributed by atoms with Crippen LogP contribution >= 0.6 is 0 Å². The van der Waals surface area contributed by atoms with Gasteiger partial charge in [-0.2, -0.15) is 0 Å². The summed E-state index contributed by atoms with van der Waals surface area (Å²) >= 11 is 0. The molecular weight excluding hydrogens is 223 g/mol. The van der Waals surface area contributed by atoms with Gasteiger partial charge in [-0.05, 0) is 26.0 Å². The molecule has 0 aliphatic rings. The summed E-state index contributed by atoms with van der Waals surface area (Å²) in [6.07, 6.45) is -4.56. The highest BCUT2D eigenvalue weighted by Crippen LogP contribution is 2.17. The summed E-state index contributed by atoms with van der Waals surface area (Å²) in [6, 6.07) is 3.46. The molecule has 1 N–H and O–H groups in total. The van der Waals surface area contributed by atoms with Gasteiger partial charge in [0.15, 0.2) is 0 Å². The average molecular weight is 237 g/mol. The van der Waals surface area contributed by atoms with E-state index >= 15 is 0 Å². The van der Waals surface area contributed by atoms with E-state index in [0.29, 0.717) is 5.76 Å². The van der Waals surface area contributed by atoms with Gasteiger partial charge in [0, 0.05) is 6.54 Å². The maximum Gasteiger partial charge on any atom is 0.522 e. The third kappa shape index (κ3) is 4.67. The minimum absolute atomic E-state index is 0.112. The molecule has 16 heavy (non-hydrogen) atoms. The zero-order chi connectivity index (χ0) is 12.2. The Morgan fingerprint density at radius 1 is 1.44 bits per heavy atom. The maximum atomic E-state index is 11.6. The SMILES string of the molecule is Cc1ccc(C(C)NCCOC(F)(F)F)o1. The molecule has 1 aromatic heterocycles. The zero-order valence-electron chi connectivity index (χ0n) is 9.10. The Labute approximate surface area is 91.6 Å². The molecule has 1 rings (SSSR count). The fourth-order valence-corrected chi connectivity index (χ4v) is 1.23. The number of hydrogen-bond acceptors (Lipinski definition) is 3. The van der Waals surface area contributed by atoms with Crippen LogP contribution in [0.4, 0.5) is 13.2 Å². The number of halogens is 3. The summed E-state index contributed by atoms with van der Waals surface area (Å²) in [5.41, 5.74) is 0. The van der Waals surface area contributed by atoms with Crippen LogP contribution in [0.15, 0.2) is 16.5 Å². The number of alkyl halides is 3. The topological polar surface area (TPSA) is 34.4 Å². The highest BCUT2D eigenvalue weighted by molar-refractivity contribution is 5.08. The van der Waals surface area contributed by atoms with Crippen LogP contribution in [0.1, 0.15) is 24.5 Å². The van der Waals surface area contributed by atoms with Crippen LogP contribution in [-0.4, -0.2) is 19.5 Å². The van der Waals surface area contributed by atoms with Crippen LogP contribution in [0.3, 0.4) is 0 Å². The molecule has 1 heterocycles. The lowest BCUT2D eigenvalue weighted by atomic mass is 10.2. The first kappa shape index (κ1) is 13.1. The predicted molar refractivity (Wildman–Crippen MR) is 51.9 cm³/mol. The summed E-state index contributed by atoms with van der Waals surface area (Å²) in [5, 5.41) is 2.87. The van der Waals surface area contributed by atoms with Gasteiger partial charge >= 0.3 is 6.36 Å². The van der Waals surface area contributed by atoms with Crippen molar-refractivity contribution in [1.82, 2.24) is 5.32 Å². The molecule has 92 valence electrons. The highest BCUT2D eigenvalue weighted by atomic mass is 19.4. The van der Waals surface area contributed by atoms with Gasteiger partial charge in [-0.1, -0.05) is 0 Å². The largest absolute Gasteiger partial charge is 0.522 e. The predicted octanol–water partition coefficient (Wildman–Crippen LogP) is 2.78. The van der Waals surface area contributed by atoms with E-state index in [9.17, 15) is 13.2 Å². The third-order valence-corrected chi connectivity index (χ3v) is 2.01. The van der Waals surface area contributed by atoms with Crippen LogP contribution in [0, 0.1) is 6.92 Å². The number of furan rings is 1. The Kier molecular flexibility index (Phi) is 4.37. The van der Waals surface area contributed by atoms with Crippen molar-refractivity contribution in [2.45, 2.75) is 26.3 Å². The number of rotatable bonds is 5. The lowest BCUT2D eigenvalue weighted by molar-refractivity contribution is -0.323. The molecule has 0 aliphatic carbocycles. The number of ether oxygens (including phenoxy) is 1. The van der Waals surface area contributed by atoms with E-state index in [1.54, 1.807) is 12.1 Å². The van der Waals surface area contributed by atoms with Gasteiger partial charge in [-0.15, -0.1) is 13.2 Å². The Morgan fingerprint density at radius 2 is 2.12 bits per heavy atom. The van der Waals surface area contributed by atoms with Crippen molar-refractivity contribution < 1.29 is 22.3 Å². The fourth-order valence-electron chi connectivity index (χ4n) is 1.23. The van der Waals surface area contributed by atoms with Gasteiger partial charge in [-0.3, -0.25) is 4.74 Å². The van der Waals surface area contributed by atoms with Gasteiger partial charge in [-0.25, -0.2) is 0 Å². The molecule has 1 unspecified atom stereocenters. The van der Waals surface area contributed by atoms with Gasteiger partial charge < -0.3 is 9.73 Å². The minimum atomic E-state index is -4.56. The van der Waals surface area contributed by atoms with E-state index < -0.39 is 13.0 Å². The molecule has 0 fully saturated rings. The standard InChI is InChI=1S/C10H14F3NO2/c1-7-3-4-9(16-7)8(2)14-5-6-15-10(11,12)13/h3-4,8,14H,5-6H2,1-2H3. The van der Waals surface area contributed by atoms with E-state index in [1.807, 2.05) is 13.8 Å². The van der Waals surface area contributed by atoms with E-state index in [0.717, 1.165) is 5.76 Å². The van der Waals surface area contributed by atoms with Crippen molar-refractivity contribution in [1.29, 1.82) is 0 Å². The van der Waals surface area contributed by atoms with Crippen molar-refractivity contribution in [3.63, 3.8) is 0 Å². The lowest BCUT2D eigenvalue weighted by Crippen LogP contribution is -2.26. The molecule has 0 bridgehead atoms. The molecule has 0 aromatic carbocycles. The number of hydrogen-bond donors (Lipinski definition) is 1. The summed E-state index contributed by atoms with van der Waals surface area (Å²) in [4.78, 5) is 0. The van der Waals surface area contributed by atoms with E-state index in [1.165, 1.54) is 0 Å². The summed E-state index contributed by atoms with van der Waals surface area (Å²) in [7, 11) is 0. The first-order valence-corrected chi connectivity index (χ1v) is 4.89. The molecule has 0 aliphatic heterocycles. The lowest BCUT2D eigenvalue weighted by Gasteiger charge is -2.12. The van der Waals surface area contributed by atoms with Crippen molar-refractivity contribution in [3.05, 3.63) is 23.7 Å². The van der Waals surface area contributed by atoms with Crippen LogP contribution in [0.5, 0.6) is 0 Å². The maximum absolute atomic E-state index is 11.6. The molecule has 0 amide bonds. The molecule has 0 saturated carbocycles. The van der Waals surface area contributed by atoms with Crippen molar-refractivity contribution >= 4 is 0 Å². The monoisotopic (exact) mass is 237 g/mol. The second-order valence-electron chi connectivity index (χ2n) is 3.42. The normalized spacial score (nSPS) is 14.1. The van der Waals surface area contributed by atoms with Crippen molar-refractivity contribution in [2.75, 3.05) is 13.2 Å². The van der Waals surface area contributed by atoms with Crippen LogP contribution in [0.2, 0.25) is 0 Å². The van der Waals surface area contributed by atoms with Gasteiger partial charge in [0.05, 0.1) is 12.6 Å². The summed E-state index contributed by atoms with van der Waals surface area (Å²) in [5.74, 6) is 1.47. The van der Waals surface area contributed by atoms with Crippen LogP contribution < -0.4 is 5.32 Å².